The summed E-state index contributed by atoms with van der Waals surface area (Å²) >= 11 is 0. The summed E-state index contributed by atoms with van der Waals surface area (Å²) in [6.45, 7) is 1.78. The Hall–Kier alpha value is -3.28. The van der Waals surface area contributed by atoms with Gasteiger partial charge in [-0.3, -0.25) is 14.9 Å². The number of nitrogens with one attached hydrogen (secondary N) is 2. The Labute approximate surface area is 133 Å². The summed E-state index contributed by atoms with van der Waals surface area (Å²) in [5.74, 6) is -0.352. The summed E-state index contributed by atoms with van der Waals surface area (Å²) in [7, 11) is 0. The van der Waals surface area contributed by atoms with Gasteiger partial charge in [0, 0.05) is 11.8 Å². The minimum absolute atomic E-state index is 0.349. The molecule has 0 saturated carbocycles. The molecule has 2 heterocycles. The summed E-state index contributed by atoms with van der Waals surface area (Å²) in [4.78, 5) is 16.3. The molecule has 1 aromatic carbocycles. The Morgan fingerprint density at radius 1 is 1.13 bits per heavy atom. The number of aromatic nitrogens is 3. The van der Waals surface area contributed by atoms with Crippen molar-refractivity contribution in [2.75, 3.05) is 0 Å². The fraction of sp³-hybridized carbons (Fsp3) is 0.0588. The predicted molar refractivity (Wildman–Crippen MR) is 87.9 cm³/mol. The number of hydrogen-bond acceptors (Lipinski definition) is 4. The lowest BCUT2D eigenvalue weighted by Gasteiger charge is -2.00. The molecule has 1 amide bonds. The Bertz CT molecular complexity index is 824. The molecule has 0 bridgehead atoms. The van der Waals surface area contributed by atoms with Crippen molar-refractivity contribution >= 4 is 11.6 Å². The SMILES string of the molecule is C/C(=N/NC(=O)c1cc(-c2ccccc2)n[nH]1)c1ccccn1. The lowest BCUT2D eigenvalue weighted by molar-refractivity contribution is 0.0950. The molecule has 2 aromatic heterocycles. The van der Waals surface area contributed by atoms with E-state index in [0.29, 0.717) is 22.8 Å². The topological polar surface area (TPSA) is 83.0 Å². The van der Waals surface area contributed by atoms with Gasteiger partial charge in [-0.15, -0.1) is 0 Å². The third-order valence-electron chi connectivity index (χ3n) is 3.25. The number of hydrogen-bond donors (Lipinski definition) is 2. The Kier molecular flexibility index (Phi) is 4.24. The summed E-state index contributed by atoms with van der Waals surface area (Å²) in [6.07, 6.45) is 1.68. The van der Waals surface area contributed by atoms with E-state index in [2.05, 4.69) is 25.7 Å². The van der Waals surface area contributed by atoms with Gasteiger partial charge in [0.2, 0.25) is 0 Å². The summed E-state index contributed by atoms with van der Waals surface area (Å²) < 4.78 is 0. The number of carbonyl (C=O) groups excluding carboxylic acids is 1. The second-order valence-corrected chi connectivity index (χ2v) is 4.89. The highest BCUT2D eigenvalue weighted by Crippen LogP contribution is 2.16. The van der Waals surface area contributed by atoms with Crippen molar-refractivity contribution in [3.05, 3.63) is 72.2 Å². The van der Waals surface area contributed by atoms with Crippen LogP contribution in [0.1, 0.15) is 23.1 Å². The molecule has 114 valence electrons. The lowest BCUT2D eigenvalue weighted by Crippen LogP contribution is -2.20. The van der Waals surface area contributed by atoms with Gasteiger partial charge in [-0.1, -0.05) is 36.4 Å². The van der Waals surface area contributed by atoms with Crippen molar-refractivity contribution in [2.24, 2.45) is 5.10 Å². The van der Waals surface area contributed by atoms with Gasteiger partial charge in [-0.2, -0.15) is 10.2 Å². The first-order chi connectivity index (χ1) is 11.2. The molecular formula is C17H15N5O. The molecule has 3 rings (SSSR count). The molecule has 23 heavy (non-hydrogen) atoms. The maximum atomic E-state index is 12.1. The van der Waals surface area contributed by atoms with Crippen LogP contribution in [0.4, 0.5) is 0 Å². The van der Waals surface area contributed by atoms with Crippen LogP contribution in [0.2, 0.25) is 0 Å². The molecule has 0 aliphatic heterocycles. The molecule has 0 aliphatic carbocycles. The second kappa shape index (κ2) is 6.65. The van der Waals surface area contributed by atoms with Crippen LogP contribution in [-0.2, 0) is 0 Å². The molecule has 6 nitrogen and oxygen atoms in total. The van der Waals surface area contributed by atoms with Crippen molar-refractivity contribution in [3.63, 3.8) is 0 Å². The number of nitrogens with zero attached hydrogens (tertiary/aromatic N) is 3. The standard InChI is InChI=1S/C17H15N5O/c1-12(14-9-5-6-10-18-14)19-22-17(23)16-11-15(20-21-16)13-7-3-2-4-8-13/h2-11H,1H3,(H,20,21)(H,22,23)/b19-12-. The van der Waals surface area contributed by atoms with E-state index in [1.807, 2.05) is 48.5 Å². The van der Waals surface area contributed by atoms with E-state index in [0.717, 1.165) is 5.56 Å². The van der Waals surface area contributed by atoms with Gasteiger partial charge in [0.05, 0.1) is 17.1 Å². The maximum Gasteiger partial charge on any atom is 0.289 e. The number of pyridine rings is 1. The summed E-state index contributed by atoms with van der Waals surface area (Å²) in [5.41, 5.74) is 5.84. The fourth-order valence-electron chi connectivity index (χ4n) is 2.02. The van der Waals surface area contributed by atoms with Gasteiger partial charge < -0.3 is 0 Å². The number of aromatic amines is 1. The van der Waals surface area contributed by atoms with E-state index in [1.54, 1.807) is 19.2 Å². The van der Waals surface area contributed by atoms with Crippen LogP contribution in [0, 0.1) is 0 Å². The van der Waals surface area contributed by atoms with Crippen molar-refractivity contribution in [2.45, 2.75) is 6.92 Å². The summed E-state index contributed by atoms with van der Waals surface area (Å²) in [5, 5.41) is 10.9. The van der Waals surface area contributed by atoms with Gasteiger partial charge in [0.1, 0.15) is 5.69 Å². The highest BCUT2D eigenvalue weighted by Gasteiger charge is 2.10. The average molecular weight is 305 g/mol. The van der Waals surface area contributed by atoms with Crippen LogP contribution in [-0.4, -0.2) is 26.8 Å². The van der Waals surface area contributed by atoms with Gasteiger partial charge in [-0.25, -0.2) is 5.43 Å². The molecule has 6 heteroatoms. The van der Waals surface area contributed by atoms with Crippen LogP contribution in [0.5, 0.6) is 0 Å². The predicted octanol–water partition coefficient (Wildman–Crippen LogP) is 2.63. The zero-order valence-corrected chi connectivity index (χ0v) is 12.5. The summed E-state index contributed by atoms with van der Waals surface area (Å²) in [6, 6.07) is 16.8. The molecule has 2 N–H and O–H groups in total. The minimum atomic E-state index is -0.352. The first-order valence-electron chi connectivity index (χ1n) is 7.11. The van der Waals surface area contributed by atoms with Crippen molar-refractivity contribution < 1.29 is 4.79 Å². The minimum Gasteiger partial charge on any atom is -0.272 e. The molecule has 0 atom stereocenters. The van der Waals surface area contributed by atoms with E-state index >= 15 is 0 Å². The van der Waals surface area contributed by atoms with E-state index in [9.17, 15) is 4.79 Å². The number of amides is 1. The smallest absolute Gasteiger partial charge is 0.272 e. The lowest BCUT2D eigenvalue weighted by atomic mass is 10.1. The van der Waals surface area contributed by atoms with E-state index < -0.39 is 0 Å². The van der Waals surface area contributed by atoms with Gasteiger partial charge in [-0.05, 0) is 25.1 Å². The molecule has 0 fully saturated rings. The first kappa shape index (κ1) is 14.6. The van der Waals surface area contributed by atoms with E-state index in [4.69, 9.17) is 0 Å². The van der Waals surface area contributed by atoms with Crippen LogP contribution in [0.15, 0.2) is 65.9 Å². The third kappa shape index (κ3) is 3.49. The monoisotopic (exact) mass is 305 g/mol. The fourth-order valence-corrected chi connectivity index (χ4v) is 2.02. The number of carbonyl (C=O) groups is 1. The van der Waals surface area contributed by atoms with Crippen molar-refractivity contribution in [3.8, 4) is 11.3 Å². The molecule has 3 aromatic rings. The second-order valence-electron chi connectivity index (χ2n) is 4.89. The van der Waals surface area contributed by atoms with Gasteiger partial charge in [0.15, 0.2) is 0 Å². The van der Waals surface area contributed by atoms with E-state index in [1.165, 1.54) is 0 Å². The molecule has 0 radical (unpaired) electrons. The highest BCUT2D eigenvalue weighted by molar-refractivity contribution is 5.99. The normalized spacial score (nSPS) is 11.3. The van der Waals surface area contributed by atoms with Gasteiger partial charge in [0.25, 0.3) is 5.91 Å². The quantitative estimate of drug-likeness (QED) is 0.574. The van der Waals surface area contributed by atoms with Gasteiger partial charge >= 0.3 is 0 Å². The van der Waals surface area contributed by atoms with Crippen LogP contribution >= 0.6 is 0 Å². The third-order valence-corrected chi connectivity index (χ3v) is 3.25. The number of hydrazone groups is 1. The molecule has 0 unspecified atom stereocenters. The Morgan fingerprint density at radius 2 is 1.91 bits per heavy atom. The average Bonchev–Trinajstić information content (AvgIpc) is 3.11. The number of H-pyrrole nitrogens is 1. The molecule has 0 aliphatic rings. The zero-order chi connectivity index (χ0) is 16.1. The van der Waals surface area contributed by atoms with E-state index in [-0.39, 0.29) is 5.91 Å². The molecule has 0 spiro atoms. The number of benzene rings is 1. The van der Waals surface area contributed by atoms with Crippen molar-refractivity contribution in [1.29, 1.82) is 0 Å². The van der Waals surface area contributed by atoms with Crippen molar-refractivity contribution in [1.82, 2.24) is 20.6 Å². The zero-order valence-electron chi connectivity index (χ0n) is 12.5. The molecule has 0 saturated heterocycles. The Morgan fingerprint density at radius 3 is 2.65 bits per heavy atom. The first-order valence-corrected chi connectivity index (χ1v) is 7.11. The number of rotatable bonds is 4. The maximum absolute atomic E-state index is 12.1. The van der Waals surface area contributed by atoms with Crippen LogP contribution in [0.25, 0.3) is 11.3 Å². The molecular weight excluding hydrogens is 290 g/mol. The highest BCUT2D eigenvalue weighted by atomic mass is 16.2. The largest absolute Gasteiger partial charge is 0.289 e. The Balaban J connectivity index is 1.71. The van der Waals surface area contributed by atoms with Crippen LogP contribution < -0.4 is 5.43 Å². The van der Waals surface area contributed by atoms with Crippen LogP contribution in [0.3, 0.4) is 0 Å².